The van der Waals surface area contributed by atoms with E-state index in [4.69, 9.17) is 16.2 Å². The number of benzene rings is 4. The van der Waals surface area contributed by atoms with Crippen LogP contribution in [0, 0.1) is 40.4 Å². The van der Waals surface area contributed by atoms with Crippen molar-refractivity contribution in [3.8, 4) is 29.1 Å². The summed E-state index contributed by atoms with van der Waals surface area (Å²) in [5.41, 5.74) is 21.4. The van der Waals surface area contributed by atoms with Crippen LogP contribution < -0.4 is 16.2 Å². The summed E-state index contributed by atoms with van der Waals surface area (Å²) in [6.07, 6.45) is 14.8. The number of phenols is 2. The van der Waals surface area contributed by atoms with Crippen molar-refractivity contribution in [1.29, 1.82) is 0 Å². The number of aromatic amines is 1. The highest BCUT2D eigenvalue weighted by Crippen LogP contribution is 2.57. The highest BCUT2D eigenvalue weighted by Gasteiger charge is 2.50. The fourth-order valence-electron chi connectivity index (χ4n) is 13.4. The number of hydrogen-bond donors (Lipinski definition) is 8. The third-order valence-electron chi connectivity index (χ3n) is 17.3. The molecule has 5 aromatic rings. The van der Waals surface area contributed by atoms with Gasteiger partial charge in [-0.1, -0.05) is 100 Å². The van der Waals surface area contributed by atoms with E-state index < -0.39 is 29.7 Å². The van der Waals surface area contributed by atoms with E-state index in [0.29, 0.717) is 72.5 Å². The molecule has 0 saturated heterocycles. The molecule has 1 aromatic heterocycles. The van der Waals surface area contributed by atoms with Crippen molar-refractivity contribution in [1.82, 2.24) is 4.98 Å². The summed E-state index contributed by atoms with van der Waals surface area (Å²) in [7, 11) is 3.34. The molecule has 0 amide bonds. The van der Waals surface area contributed by atoms with E-state index >= 15 is 0 Å². The number of rotatable bonds is 7. The van der Waals surface area contributed by atoms with E-state index in [0.717, 1.165) is 59.2 Å². The normalized spacial score (nSPS) is 27.6. The van der Waals surface area contributed by atoms with Crippen molar-refractivity contribution in [3.63, 3.8) is 0 Å². The molecule has 9 atom stereocenters. The van der Waals surface area contributed by atoms with Crippen LogP contribution in [0.4, 0.5) is 0 Å². The van der Waals surface area contributed by atoms with Gasteiger partial charge in [-0.15, -0.1) is 0 Å². The molecule has 5 aliphatic rings. The molecule has 1 fully saturated rings. The zero-order valence-electron chi connectivity index (χ0n) is 43.3. The van der Waals surface area contributed by atoms with Gasteiger partial charge in [-0.3, -0.25) is 9.59 Å². The minimum absolute atomic E-state index is 0.0152. The molecule has 1 aliphatic heterocycles. The maximum absolute atomic E-state index is 14.3. The summed E-state index contributed by atoms with van der Waals surface area (Å²) < 4.78 is 6.21. The van der Waals surface area contributed by atoms with Gasteiger partial charge in [-0.05, 0) is 162 Å². The lowest BCUT2D eigenvalue weighted by Gasteiger charge is -2.41. The number of fused-ring (bicyclic) bond motifs is 11. The van der Waals surface area contributed by atoms with Crippen LogP contribution in [-0.2, 0) is 36.2 Å². The average molecular weight is 1060 g/mol. The Balaban J connectivity index is 0.982. The van der Waals surface area contributed by atoms with Crippen molar-refractivity contribution in [2.45, 2.75) is 120 Å². The summed E-state index contributed by atoms with van der Waals surface area (Å²) in [6, 6.07) is 24.9. The van der Waals surface area contributed by atoms with Crippen LogP contribution in [0.1, 0.15) is 142 Å². The molecule has 4 aromatic carbocycles. The van der Waals surface area contributed by atoms with Crippen molar-refractivity contribution < 1.29 is 39.9 Å². The standard InChI is InChI=1S/C63H71N3O8S2/c1-38(68)32-63(20-15-43-27-44(35-67)48-7-3-2-5-42(48)30-54(43)63)22-21-62-19-16-47(69)12-9-39-11-14-57(71)60(26-39)74-24-18-40-10-13-56(70)53(25-40)52-31-58(72)49-17-23-66-55(49)8-4-6-41-28-51(61(64)65)45(29-50(41)52)36-75-76-37-46(33-62)59(73)34-62/h2-3,5,7,10-11,13-17,19-20,23,25-26,28-29,38,43-44,46,52,54,59,61,66-68,70-71,73H,8-9,12,18,21-22,24,27,30-37,64-65H2,1H3/b19-16+/t38-,43-,44-,46-,52+,54-,59-,62-,63-/m0/s1. The number of nitrogens with two attached hydrogens (primary N) is 2. The van der Waals surface area contributed by atoms with Gasteiger partial charge in [0.25, 0.3) is 0 Å². The van der Waals surface area contributed by atoms with Crippen molar-refractivity contribution in [2.24, 2.45) is 40.1 Å². The van der Waals surface area contributed by atoms with Crippen molar-refractivity contribution in [2.75, 3.05) is 19.0 Å². The molecule has 0 radical (unpaired) electrons. The van der Waals surface area contributed by atoms with Crippen LogP contribution in [0.25, 0.3) is 0 Å². The molecule has 4 aliphatic carbocycles. The van der Waals surface area contributed by atoms with Gasteiger partial charge < -0.3 is 46.7 Å². The van der Waals surface area contributed by atoms with E-state index in [9.17, 15) is 35.1 Å². The molecule has 10 N–H and O–H groups in total. The van der Waals surface area contributed by atoms with Crippen LogP contribution in [0.3, 0.4) is 0 Å². The molecule has 0 spiro atoms. The Morgan fingerprint density at radius 3 is 2.50 bits per heavy atom. The lowest BCUT2D eigenvalue weighted by atomic mass is 9.64. The number of aryl methyl sites for hydroxylation is 1. The molecule has 76 heavy (non-hydrogen) atoms. The van der Waals surface area contributed by atoms with Crippen LogP contribution >= 0.6 is 21.6 Å². The van der Waals surface area contributed by atoms with E-state index in [-0.39, 0.29) is 78.2 Å². The largest absolute Gasteiger partial charge is 0.508 e. The monoisotopic (exact) mass is 1060 g/mol. The highest BCUT2D eigenvalue weighted by molar-refractivity contribution is 8.76. The number of hydrogen-bond acceptors (Lipinski definition) is 12. The summed E-state index contributed by atoms with van der Waals surface area (Å²) in [5, 5.41) is 56.4. The van der Waals surface area contributed by atoms with Gasteiger partial charge in [0.2, 0.25) is 0 Å². The van der Waals surface area contributed by atoms with Gasteiger partial charge in [0, 0.05) is 77.8 Å². The molecule has 10 rings (SSSR count). The number of allylic oxidation sites excluding steroid dienone is 4. The number of carbonyl (C=O) groups excluding carboxylic acids is 2. The van der Waals surface area contributed by atoms with Crippen LogP contribution in [0.5, 0.6) is 17.2 Å². The first-order chi connectivity index (χ1) is 36.7. The van der Waals surface area contributed by atoms with Crippen LogP contribution in [-0.4, -0.2) is 73.3 Å². The fraction of sp³-hybridized carbons (Fsp3) is 0.429. The number of carbonyl (C=O) groups is 2. The van der Waals surface area contributed by atoms with E-state index in [1.54, 1.807) is 64.2 Å². The molecular formula is C63H71N3O8S2. The molecular weight excluding hydrogens is 991 g/mol. The Hall–Kier alpha value is -5.56. The second-order valence-electron chi connectivity index (χ2n) is 22.4. The number of phenolic OH excluding ortho intramolecular Hbond substituents is 2. The second kappa shape index (κ2) is 23.2. The number of aliphatic hydroxyl groups is 3. The number of aromatic hydroxyl groups is 2. The third kappa shape index (κ3) is 11.7. The van der Waals surface area contributed by atoms with Gasteiger partial charge >= 0.3 is 0 Å². The quantitative estimate of drug-likeness (QED) is 0.0331. The Bertz CT molecular complexity index is 3080. The number of Topliss-reactive ketones (excluding diaryl/α,β-unsaturated/α-hetero) is 1. The zero-order chi connectivity index (χ0) is 53.1. The molecule has 1 saturated carbocycles. The summed E-state index contributed by atoms with van der Waals surface area (Å²) >= 11 is 0. The third-order valence-corrected chi connectivity index (χ3v) is 19.7. The molecule has 2 heterocycles. The predicted octanol–water partition coefficient (Wildman–Crippen LogP) is 10.0. The van der Waals surface area contributed by atoms with Crippen molar-refractivity contribution in [3.05, 3.63) is 171 Å². The smallest absolute Gasteiger partial charge is 0.165 e. The van der Waals surface area contributed by atoms with Crippen molar-refractivity contribution >= 4 is 33.2 Å². The Morgan fingerprint density at radius 1 is 0.868 bits per heavy atom. The molecule has 0 unspecified atom stereocenters. The van der Waals surface area contributed by atoms with Gasteiger partial charge in [0.15, 0.2) is 23.1 Å². The number of nitrogens with one attached hydrogen (secondary N) is 1. The zero-order valence-corrected chi connectivity index (χ0v) is 44.9. The summed E-state index contributed by atoms with van der Waals surface area (Å²) in [4.78, 5) is 31.5. The lowest BCUT2D eigenvalue weighted by Crippen LogP contribution is -2.35. The van der Waals surface area contributed by atoms with Gasteiger partial charge in [0.05, 0.1) is 31.4 Å². The number of ketones is 2. The minimum atomic E-state index is -0.816. The van der Waals surface area contributed by atoms with Gasteiger partial charge in [0.1, 0.15) is 5.75 Å². The van der Waals surface area contributed by atoms with Crippen LogP contribution in [0.15, 0.2) is 109 Å². The molecule has 8 bridgehead atoms. The average Bonchev–Trinajstić information content (AvgIpc) is 4.07. The van der Waals surface area contributed by atoms with Crippen LogP contribution in [0.2, 0.25) is 0 Å². The topological polar surface area (TPSA) is 212 Å². The molecule has 13 heteroatoms. The second-order valence-corrected chi connectivity index (χ2v) is 24.9. The molecule has 398 valence electrons. The number of aliphatic hydroxyl groups excluding tert-OH is 3. The summed E-state index contributed by atoms with van der Waals surface area (Å²) in [6.45, 7) is 2.16. The van der Waals surface area contributed by atoms with E-state index in [2.05, 4.69) is 65.4 Å². The minimum Gasteiger partial charge on any atom is -0.508 e. The first kappa shape index (κ1) is 53.8. The highest BCUT2D eigenvalue weighted by atomic mass is 33.1. The Labute approximate surface area is 454 Å². The SMILES string of the molecule is C[C@H](O)C[C@@]1(CC[C@@]23/C=C/C(=O)CCc4ccc(O)c(c4)OCCc4ccc(O)c(c4)[C@@H]4CC(=O)c5cc[nH]c5CC#Cc5cc(C(N)N)c(cc54)CSSC[C@H](C2)[C@@H](O)C3)C=C[C@H]2C[C@@H](CO)c3ccccc3C[C@@H]21. The van der Waals surface area contributed by atoms with E-state index in [1.165, 1.54) is 11.1 Å². The maximum Gasteiger partial charge on any atom is 0.165 e. The maximum atomic E-state index is 14.3. The summed E-state index contributed by atoms with van der Waals surface area (Å²) in [5.74, 6) is 7.92. The van der Waals surface area contributed by atoms with Gasteiger partial charge in [-0.2, -0.15) is 0 Å². The Morgan fingerprint density at radius 2 is 1.68 bits per heavy atom. The predicted molar refractivity (Wildman–Crippen MR) is 301 cm³/mol. The Kier molecular flexibility index (Phi) is 16.4. The fourth-order valence-corrected chi connectivity index (χ4v) is 15.9. The van der Waals surface area contributed by atoms with Gasteiger partial charge in [-0.25, -0.2) is 0 Å². The first-order valence-electron chi connectivity index (χ1n) is 27.0. The van der Waals surface area contributed by atoms with E-state index in [1.807, 2.05) is 25.1 Å². The number of H-pyrrole nitrogens is 1. The number of ether oxygens (including phenoxy) is 1. The number of aromatic nitrogens is 1. The molecule has 11 nitrogen and oxygen atoms in total. The lowest BCUT2D eigenvalue weighted by molar-refractivity contribution is -0.114. The first-order valence-corrected chi connectivity index (χ1v) is 29.5.